The summed E-state index contributed by atoms with van der Waals surface area (Å²) in [6.45, 7) is 8.45. The molecule has 2 rings (SSSR count). The lowest BCUT2D eigenvalue weighted by atomic mass is 9.84. The summed E-state index contributed by atoms with van der Waals surface area (Å²) in [6, 6.07) is 3.76. The maximum absolute atomic E-state index is 10.5. The summed E-state index contributed by atoms with van der Waals surface area (Å²) in [4.78, 5) is 0. The van der Waals surface area contributed by atoms with Crippen LogP contribution in [0.5, 0.6) is 11.5 Å². The van der Waals surface area contributed by atoms with E-state index >= 15 is 0 Å². The molecule has 1 unspecified atom stereocenters. The molecule has 0 radical (unpaired) electrons. The molecule has 1 saturated heterocycles. The van der Waals surface area contributed by atoms with Gasteiger partial charge in [0.05, 0.1) is 19.8 Å². The van der Waals surface area contributed by atoms with E-state index in [2.05, 4.69) is 26.1 Å². The number of hydrogen-bond donors (Lipinski definition) is 2. The number of methoxy groups -OCH3 is 1. The molecule has 0 aliphatic carbocycles. The monoisotopic (exact) mass is 265 g/mol. The predicted molar refractivity (Wildman–Crippen MR) is 74.9 cm³/mol. The highest BCUT2D eigenvalue weighted by Gasteiger charge is 2.26. The molecule has 0 aromatic heterocycles. The van der Waals surface area contributed by atoms with Crippen LogP contribution < -0.4 is 10.1 Å². The summed E-state index contributed by atoms with van der Waals surface area (Å²) in [6.07, 6.45) is -0.120. The van der Waals surface area contributed by atoms with Crippen LogP contribution in [-0.4, -0.2) is 31.9 Å². The summed E-state index contributed by atoms with van der Waals surface area (Å²) in [5.74, 6) is 1.08. The Hall–Kier alpha value is -1.26. The standard InChI is InChI=1S/C15H23NO3/c1-15(2,3)12-8-10(18-4)7-11(14(12)17)13-9-16-5-6-19-13/h7-8,13,16-17H,5-6,9H2,1-4H3. The van der Waals surface area contributed by atoms with E-state index < -0.39 is 0 Å². The zero-order chi connectivity index (χ0) is 14.0. The van der Waals surface area contributed by atoms with Gasteiger partial charge in [-0.1, -0.05) is 20.8 Å². The molecule has 1 aromatic rings. The van der Waals surface area contributed by atoms with Gasteiger partial charge < -0.3 is 19.9 Å². The average Bonchev–Trinajstić information content (AvgIpc) is 2.38. The quantitative estimate of drug-likeness (QED) is 0.862. The Labute approximate surface area is 114 Å². The highest BCUT2D eigenvalue weighted by Crippen LogP contribution is 2.40. The molecule has 1 fully saturated rings. The number of nitrogens with one attached hydrogen (secondary N) is 1. The van der Waals surface area contributed by atoms with Crippen molar-refractivity contribution in [2.75, 3.05) is 26.8 Å². The number of ether oxygens (including phenoxy) is 2. The van der Waals surface area contributed by atoms with Crippen LogP contribution in [-0.2, 0) is 10.2 Å². The summed E-state index contributed by atoms with van der Waals surface area (Å²) in [5.41, 5.74) is 1.54. The smallest absolute Gasteiger partial charge is 0.125 e. The van der Waals surface area contributed by atoms with Gasteiger partial charge in [0.1, 0.15) is 11.5 Å². The third-order valence-corrected chi connectivity index (χ3v) is 3.43. The van der Waals surface area contributed by atoms with Gasteiger partial charge in [-0.3, -0.25) is 0 Å². The first-order valence-corrected chi connectivity index (χ1v) is 6.67. The first-order valence-electron chi connectivity index (χ1n) is 6.67. The van der Waals surface area contributed by atoms with Gasteiger partial charge in [-0.05, 0) is 17.5 Å². The molecule has 0 saturated carbocycles. The molecule has 4 nitrogen and oxygen atoms in total. The van der Waals surface area contributed by atoms with Crippen LogP contribution in [0.1, 0.15) is 38.0 Å². The van der Waals surface area contributed by atoms with E-state index in [4.69, 9.17) is 9.47 Å². The Balaban J connectivity index is 2.47. The summed E-state index contributed by atoms with van der Waals surface area (Å²) in [5, 5.41) is 13.8. The molecule has 1 atom stereocenters. The number of phenols is 1. The number of phenolic OH excluding ortho intramolecular Hbond substituents is 1. The van der Waals surface area contributed by atoms with E-state index in [1.54, 1.807) is 7.11 Å². The lowest BCUT2D eigenvalue weighted by molar-refractivity contribution is 0.0260. The van der Waals surface area contributed by atoms with Crippen molar-refractivity contribution in [3.63, 3.8) is 0 Å². The van der Waals surface area contributed by atoms with E-state index in [1.807, 2.05) is 12.1 Å². The first-order chi connectivity index (χ1) is 8.93. The van der Waals surface area contributed by atoms with Gasteiger partial charge in [-0.15, -0.1) is 0 Å². The number of hydrogen-bond acceptors (Lipinski definition) is 4. The normalized spacial score (nSPS) is 20.3. The van der Waals surface area contributed by atoms with E-state index in [0.717, 1.165) is 23.4 Å². The predicted octanol–water partition coefficient (Wildman–Crippen LogP) is 2.36. The van der Waals surface area contributed by atoms with E-state index in [1.165, 1.54) is 0 Å². The molecule has 1 aliphatic heterocycles. The Morgan fingerprint density at radius 2 is 2.11 bits per heavy atom. The molecular formula is C15H23NO3. The summed E-state index contributed by atoms with van der Waals surface area (Å²) < 4.78 is 11.1. The van der Waals surface area contributed by atoms with Crippen molar-refractivity contribution in [1.82, 2.24) is 5.32 Å². The van der Waals surface area contributed by atoms with Gasteiger partial charge in [-0.2, -0.15) is 0 Å². The molecule has 0 spiro atoms. The van der Waals surface area contributed by atoms with E-state index in [0.29, 0.717) is 18.9 Å². The molecule has 4 heteroatoms. The SMILES string of the molecule is COc1cc(C2CNCCO2)c(O)c(C(C)(C)C)c1. The summed E-state index contributed by atoms with van der Waals surface area (Å²) >= 11 is 0. The van der Waals surface area contributed by atoms with Gasteiger partial charge in [0.2, 0.25) is 0 Å². The molecule has 1 aliphatic rings. The van der Waals surface area contributed by atoms with Crippen molar-refractivity contribution < 1.29 is 14.6 Å². The van der Waals surface area contributed by atoms with E-state index in [9.17, 15) is 5.11 Å². The maximum Gasteiger partial charge on any atom is 0.125 e. The second-order valence-electron chi connectivity index (χ2n) is 5.93. The van der Waals surface area contributed by atoms with Gasteiger partial charge in [0, 0.05) is 24.2 Å². The first kappa shape index (κ1) is 14.2. The molecule has 0 amide bonds. The molecular weight excluding hydrogens is 242 g/mol. The minimum atomic E-state index is -0.143. The lowest BCUT2D eigenvalue weighted by Crippen LogP contribution is -2.33. The van der Waals surface area contributed by atoms with Crippen LogP contribution >= 0.6 is 0 Å². The molecule has 106 valence electrons. The third kappa shape index (κ3) is 3.01. The van der Waals surface area contributed by atoms with Crippen LogP contribution in [0.4, 0.5) is 0 Å². The fourth-order valence-electron chi connectivity index (χ4n) is 2.33. The maximum atomic E-state index is 10.5. The van der Waals surface area contributed by atoms with Crippen molar-refractivity contribution in [2.24, 2.45) is 0 Å². The lowest BCUT2D eigenvalue weighted by Gasteiger charge is -2.28. The topological polar surface area (TPSA) is 50.7 Å². The number of rotatable bonds is 2. The Bertz CT molecular complexity index is 445. The van der Waals surface area contributed by atoms with Crippen molar-refractivity contribution >= 4 is 0 Å². The van der Waals surface area contributed by atoms with Crippen LogP contribution in [0.15, 0.2) is 12.1 Å². The van der Waals surface area contributed by atoms with Gasteiger partial charge in [-0.25, -0.2) is 0 Å². The number of morpholine rings is 1. The Morgan fingerprint density at radius 3 is 2.63 bits per heavy atom. The van der Waals surface area contributed by atoms with Gasteiger partial charge in [0.25, 0.3) is 0 Å². The van der Waals surface area contributed by atoms with Crippen molar-refractivity contribution in [3.8, 4) is 11.5 Å². The second-order valence-corrected chi connectivity index (χ2v) is 5.93. The highest BCUT2D eigenvalue weighted by atomic mass is 16.5. The van der Waals surface area contributed by atoms with Crippen LogP contribution in [0.3, 0.4) is 0 Å². The largest absolute Gasteiger partial charge is 0.507 e. The second kappa shape index (κ2) is 5.39. The van der Waals surface area contributed by atoms with E-state index in [-0.39, 0.29) is 11.5 Å². The fourth-order valence-corrected chi connectivity index (χ4v) is 2.33. The van der Waals surface area contributed by atoms with Crippen molar-refractivity contribution in [2.45, 2.75) is 32.3 Å². The number of aromatic hydroxyl groups is 1. The molecule has 2 N–H and O–H groups in total. The molecule has 1 heterocycles. The van der Waals surface area contributed by atoms with Gasteiger partial charge in [0.15, 0.2) is 0 Å². The van der Waals surface area contributed by atoms with Gasteiger partial charge >= 0.3 is 0 Å². The molecule has 0 bridgehead atoms. The van der Waals surface area contributed by atoms with Crippen molar-refractivity contribution in [3.05, 3.63) is 23.3 Å². The van der Waals surface area contributed by atoms with Crippen LogP contribution in [0, 0.1) is 0 Å². The van der Waals surface area contributed by atoms with Crippen LogP contribution in [0.25, 0.3) is 0 Å². The minimum Gasteiger partial charge on any atom is -0.507 e. The van der Waals surface area contributed by atoms with Crippen molar-refractivity contribution in [1.29, 1.82) is 0 Å². The zero-order valence-corrected chi connectivity index (χ0v) is 12.1. The summed E-state index contributed by atoms with van der Waals surface area (Å²) in [7, 11) is 1.64. The Morgan fingerprint density at radius 1 is 1.37 bits per heavy atom. The average molecular weight is 265 g/mol. The zero-order valence-electron chi connectivity index (χ0n) is 12.1. The third-order valence-electron chi connectivity index (χ3n) is 3.43. The Kier molecular flexibility index (Phi) is 4.02. The fraction of sp³-hybridized carbons (Fsp3) is 0.600. The number of benzene rings is 1. The highest BCUT2D eigenvalue weighted by molar-refractivity contribution is 5.50. The minimum absolute atomic E-state index is 0.120. The van der Waals surface area contributed by atoms with Crippen LogP contribution in [0.2, 0.25) is 0 Å². The molecule has 19 heavy (non-hydrogen) atoms. The molecule has 1 aromatic carbocycles.